The number of nitrogens with zero attached hydrogens (tertiary/aromatic N) is 1. The second kappa shape index (κ2) is 10.0. The first-order valence-electron chi connectivity index (χ1n) is 12.2. The zero-order valence-corrected chi connectivity index (χ0v) is 19.7. The zero-order valence-electron chi connectivity index (χ0n) is 19.7. The number of ether oxygens (including phenoxy) is 2. The fourth-order valence-corrected chi connectivity index (χ4v) is 6.04. The van der Waals surface area contributed by atoms with Gasteiger partial charge in [0.05, 0.1) is 6.04 Å². The Bertz CT molecular complexity index is 860. The first kappa shape index (κ1) is 25.9. The van der Waals surface area contributed by atoms with Gasteiger partial charge < -0.3 is 20.3 Å². The van der Waals surface area contributed by atoms with Gasteiger partial charge in [0.2, 0.25) is 11.8 Å². The summed E-state index contributed by atoms with van der Waals surface area (Å²) in [4.78, 5) is 53.2. The SMILES string of the molecule is CC1(C(=O)N2C[C@@H]3CCC[C@@H]3[C@H]2C(=O)NC(C[C@@H]2CCNC2=O)C(=O)COC(F)(F)F)CCCO1. The lowest BCUT2D eigenvalue weighted by molar-refractivity contribution is -0.321. The Hall–Kier alpha value is -2.21. The summed E-state index contributed by atoms with van der Waals surface area (Å²) in [5.74, 6) is -2.71. The third kappa shape index (κ3) is 5.63. The van der Waals surface area contributed by atoms with E-state index in [4.69, 9.17) is 4.74 Å². The number of carbonyl (C=O) groups excluding carboxylic acids is 4. The average Bonchev–Trinajstić information content (AvgIpc) is 3.56. The van der Waals surface area contributed by atoms with Gasteiger partial charge in [0.25, 0.3) is 5.91 Å². The smallest absolute Gasteiger partial charge is 0.365 e. The number of hydrogen-bond donors (Lipinski definition) is 2. The maximum Gasteiger partial charge on any atom is 0.522 e. The molecule has 3 aliphatic heterocycles. The quantitative estimate of drug-likeness (QED) is 0.516. The Kier molecular flexibility index (Phi) is 7.42. The van der Waals surface area contributed by atoms with E-state index in [1.54, 1.807) is 6.92 Å². The van der Waals surface area contributed by atoms with Gasteiger partial charge in [-0.3, -0.25) is 23.9 Å². The first-order valence-corrected chi connectivity index (χ1v) is 12.2. The number of nitrogens with one attached hydrogen (secondary N) is 2. The number of rotatable bonds is 8. The predicted octanol–water partition coefficient (Wildman–Crippen LogP) is 1.30. The van der Waals surface area contributed by atoms with Crippen molar-refractivity contribution in [3.63, 3.8) is 0 Å². The highest BCUT2D eigenvalue weighted by molar-refractivity contribution is 5.96. The van der Waals surface area contributed by atoms with E-state index in [9.17, 15) is 32.3 Å². The first-order chi connectivity index (χ1) is 16.5. The van der Waals surface area contributed by atoms with Crippen LogP contribution in [0.1, 0.15) is 51.9 Å². The van der Waals surface area contributed by atoms with Gasteiger partial charge in [-0.1, -0.05) is 6.42 Å². The molecule has 0 spiro atoms. The number of ketones is 1. The van der Waals surface area contributed by atoms with Gasteiger partial charge in [0.1, 0.15) is 18.2 Å². The summed E-state index contributed by atoms with van der Waals surface area (Å²) in [5, 5.41) is 5.22. The van der Waals surface area contributed by atoms with E-state index in [1.165, 1.54) is 4.90 Å². The highest BCUT2D eigenvalue weighted by atomic mass is 19.4. The molecule has 6 atom stereocenters. The van der Waals surface area contributed by atoms with E-state index in [-0.39, 0.29) is 30.1 Å². The molecule has 3 amide bonds. The molecule has 0 bridgehead atoms. The van der Waals surface area contributed by atoms with E-state index < -0.39 is 48.3 Å². The minimum atomic E-state index is -5.00. The summed E-state index contributed by atoms with van der Waals surface area (Å²) < 4.78 is 47.0. The van der Waals surface area contributed by atoms with Gasteiger partial charge in [0, 0.05) is 25.6 Å². The summed E-state index contributed by atoms with van der Waals surface area (Å²) in [5.41, 5.74) is -1.02. The number of halogens is 3. The van der Waals surface area contributed by atoms with Gasteiger partial charge in [-0.25, -0.2) is 0 Å². The molecule has 0 aromatic rings. The van der Waals surface area contributed by atoms with Gasteiger partial charge in [-0.05, 0) is 57.3 Å². The molecule has 196 valence electrons. The van der Waals surface area contributed by atoms with Gasteiger partial charge in [-0.15, -0.1) is 13.2 Å². The average molecular weight is 504 g/mol. The molecule has 4 fully saturated rings. The third-order valence-electron chi connectivity index (χ3n) is 7.86. The summed E-state index contributed by atoms with van der Waals surface area (Å²) in [6.07, 6.45) is -0.918. The normalized spacial score (nSPS) is 33.5. The summed E-state index contributed by atoms with van der Waals surface area (Å²) >= 11 is 0. The fourth-order valence-electron chi connectivity index (χ4n) is 6.04. The standard InChI is InChI=1S/C23H32F3N3O6/c1-22(7-3-9-34-22)21(33)29-11-14-4-2-5-15(14)18(29)20(32)28-16(10-13-6-8-27-19(13)31)17(30)12-35-23(24,25)26/h13-16,18H,2-12H2,1H3,(H,27,31)(H,28,32)/t13-,14-,15-,16?,18-,22?/m0/s1. The zero-order chi connectivity index (χ0) is 25.4. The summed E-state index contributed by atoms with van der Waals surface area (Å²) in [7, 11) is 0. The van der Waals surface area contributed by atoms with Gasteiger partial charge in [0.15, 0.2) is 5.78 Å². The minimum Gasteiger partial charge on any atom is -0.365 e. The van der Waals surface area contributed by atoms with E-state index in [0.29, 0.717) is 32.5 Å². The van der Waals surface area contributed by atoms with Crippen molar-refractivity contribution in [1.29, 1.82) is 0 Å². The van der Waals surface area contributed by atoms with Gasteiger partial charge in [-0.2, -0.15) is 0 Å². The van der Waals surface area contributed by atoms with E-state index in [1.807, 2.05) is 0 Å². The van der Waals surface area contributed by atoms with Crippen LogP contribution in [0.4, 0.5) is 13.2 Å². The molecule has 35 heavy (non-hydrogen) atoms. The molecular formula is C23H32F3N3O6. The molecule has 1 aliphatic carbocycles. The number of likely N-dealkylation sites (tertiary alicyclic amines) is 1. The van der Waals surface area contributed by atoms with Crippen molar-refractivity contribution < 1.29 is 41.8 Å². The van der Waals surface area contributed by atoms with Crippen molar-refractivity contribution in [2.24, 2.45) is 17.8 Å². The van der Waals surface area contributed by atoms with Crippen molar-refractivity contribution >= 4 is 23.5 Å². The highest BCUT2D eigenvalue weighted by Gasteiger charge is 2.53. The molecule has 3 heterocycles. The van der Waals surface area contributed by atoms with E-state index in [0.717, 1.165) is 25.7 Å². The maximum atomic E-state index is 13.5. The van der Waals surface area contributed by atoms with Crippen LogP contribution in [0.3, 0.4) is 0 Å². The number of carbonyl (C=O) groups is 4. The van der Waals surface area contributed by atoms with Crippen LogP contribution in [0, 0.1) is 17.8 Å². The predicted molar refractivity (Wildman–Crippen MR) is 115 cm³/mol. The van der Waals surface area contributed by atoms with Crippen molar-refractivity contribution in [3.8, 4) is 0 Å². The highest BCUT2D eigenvalue weighted by Crippen LogP contribution is 2.44. The number of Topliss-reactive ketones (excluding diaryl/α,β-unsaturated/α-hetero) is 1. The Morgan fingerprint density at radius 3 is 2.66 bits per heavy atom. The monoisotopic (exact) mass is 503 g/mol. The molecule has 4 aliphatic rings. The molecule has 1 saturated carbocycles. The molecule has 2 unspecified atom stereocenters. The Morgan fingerprint density at radius 2 is 2.03 bits per heavy atom. The number of amides is 3. The second-order valence-corrected chi connectivity index (χ2v) is 10.2. The minimum absolute atomic E-state index is 0.0964. The van der Waals surface area contributed by atoms with Crippen LogP contribution in [-0.2, 0) is 28.7 Å². The van der Waals surface area contributed by atoms with E-state index >= 15 is 0 Å². The molecule has 12 heteroatoms. The number of hydrogen-bond acceptors (Lipinski definition) is 6. The fraction of sp³-hybridized carbons (Fsp3) is 0.826. The largest absolute Gasteiger partial charge is 0.522 e. The third-order valence-corrected chi connectivity index (χ3v) is 7.86. The molecule has 2 N–H and O–H groups in total. The number of fused-ring (bicyclic) bond motifs is 1. The van der Waals surface area contributed by atoms with Gasteiger partial charge >= 0.3 is 6.36 Å². The number of alkyl halides is 3. The Labute approximate surface area is 201 Å². The van der Waals surface area contributed by atoms with Crippen LogP contribution in [0.2, 0.25) is 0 Å². The van der Waals surface area contributed by atoms with Crippen LogP contribution in [0.25, 0.3) is 0 Å². The Morgan fingerprint density at radius 1 is 1.26 bits per heavy atom. The molecule has 4 rings (SSSR count). The lowest BCUT2D eigenvalue weighted by Crippen LogP contribution is -2.57. The van der Waals surface area contributed by atoms with Crippen LogP contribution >= 0.6 is 0 Å². The van der Waals surface area contributed by atoms with Crippen LogP contribution in [0.5, 0.6) is 0 Å². The van der Waals surface area contributed by atoms with Crippen LogP contribution < -0.4 is 10.6 Å². The topological polar surface area (TPSA) is 114 Å². The molecule has 0 aromatic carbocycles. The summed E-state index contributed by atoms with van der Waals surface area (Å²) in [6.45, 7) is 1.70. The lowest BCUT2D eigenvalue weighted by Gasteiger charge is -2.34. The summed E-state index contributed by atoms with van der Waals surface area (Å²) in [6, 6.07) is -2.18. The molecule has 3 saturated heterocycles. The second-order valence-electron chi connectivity index (χ2n) is 10.2. The van der Waals surface area contributed by atoms with E-state index in [2.05, 4.69) is 15.4 Å². The van der Waals surface area contributed by atoms with Crippen molar-refractivity contribution in [3.05, 3.63) is 0 Å². The van der Waals surface area contributed by atoms with Crippen molar-refractivity contribution in [1.82, 2.24) is 15.5 Å². The molecule has 0 aromatic heterocycles. The van der Waals surface area contributed by atoms with Crippen LogP contribution in [-0.4, -0.2) is 78.8 Å². The molecule has 0 radical (unpaired) electrons. The van der Waals surface area contributed by atoms with Crippen LogP contribution in [0.15, 0.2) is 0 Å². The van der Waals surface area contributed by atoms with Crippen molar-refractivity contribution in [2.75, 3.05) is 26.3 Å². The lowest BCUT2D eigenvalue weighted by atomic mass is 9.91. The van der Waals surface area contributed by atoms with Crippen molar-refractivity contribution in [2.45, 2.75) is 75.9 Å². The maximum absolute atomic E-state index is 13.5. The molecule has 9 nitrogen and oxygen atoms in total. The Balaban J connectivity index is 1.52. The molecular weight excluding hydrogens is 471 g/mol.